The fraction of sp³-hybridized carbons (Fsp3) is 0.304. The maximum absolute atomic E-state index is 14.8. The Hall–Kier alpha value is -4.29. The minimum absolute atomic E-state index is 0.00448. The zero-order valence-corrected chi connectivity index (χ0v) is 19.5. The van der Waals surface area contributed by atoms with Crippen molar-refractivity contribution in [1.29, 1.82) is 0 Å². The van der Waals surface area contributed by atoms with Gasteiger partial charge in [0, 0.05) is 18.0 Å². The van der Waals surface area contributed by atoms with Crippen molar-refractivity contribution in [3.8, 4) is 6.01 Å². The van der Waals surface area contributed by atoms with Crippen molar-refractivity contribution >= 4 is 11.7 Å². The molecule has 1 aromatic carbocycles. The molecule has 36 heavy (non-hydrogen) atoms. The van der Waals surface area contributed by atoms with E-state index in [1.165, 1.54) is 49.0 Å². The summed E-state index contributed by atoms with van der Waals surface area (Å²) in [4.78, 5) is 25.5. The summed E-state index contributed by atoms with van der Waals surface area (Å²) in [7, 11) is 1.35. The number of alkyl halides is 2. The number of carbonyl (C=O) groups is 1. The van der Waals surface area contributed by atoms with Gasteiger partial charge < -0.3 is 19.5 Å². The van der Waals surface area contributed by atoms with Crippen LogP contribution in [0.4, 0.5) is 19.0 Å². The second kappa shape index (κ2) is 10.5. The molecule has 2 N–H and O–H groups in total. The molecule has 1 aliphatic heterocycles. The van der Waals surface area contributed by atoms with Gasteiger partial charge in [-0.05, 0) is 13.8 Å². The summed E-state index contributed by atoms with van der Waals surface area (Å²) in [6.07, 6.45) is 3.09. The van der Waals surface area contributed by atoms with E-state index < -0.39 is 42.0 Å². The maximum Gasteiger partial charge on any atom is 0.318 e. The van der Waals surface area contributed by atoms with Crippen LogP contribution in [-0.2, 0) is 14.3 Å². The summed E-state index contributed by atoms with van der Waals surface area (Å²) in [6, 6.07) is 2.86. The van der Waals surface area contributed by atoms with Crippen molar-refractivity contribution in [2.45, 2.75) is 38.5 Å². The molecule has 0 saturated heterocycles. The normalized spacial score (nSPS) is 14.8. The van der Waals surface area contributed by atoms with E-state index in [9.17, 15) is 18.0 Å². The Balaban J connectivity index is 1.74. The Morgan fingerprint density at radius 2 is 1.89 bits per heavy atom. The number of hydrogen-bond donors (Lipinski definition) is 2. The molecule has 190 valence electrons. The van der Waals surface area contributed by atoms with Crippen molar-refractivity contribution in [2.24, 2.45) is 0 Å². The van der Waals surface area contributed by atoms with Gasteiger partial charge in [-0.1, -0.05) is 18.2 Å². The lowest BCUT2D eigenvalue weighted by Gasteiger charge is -2.24. The van der Waals surface area contributed by atoms with E-state index >= 15 is 0 Å². The molecular weight excluding hydrogens is 481 g/mol. The number of amides is 1. The number of nitrogens with zero attached hydrogens (tertiary/aromatic N) is 4. The quantitative estimate of drug-likeness (QED) is 0.443. The van der Waals surface area contributed by atoms with Crippen LogP contribution in [0.2, 0.25) is 0 Å². The number of ether oxygens (including phenoxy) is 3. The highest BCUT2D eigenvalue weighted by atomic mass is 19.3. The minimum atomic E-state index is -2.97. The molecule has 2 aromatic heterocycles. The van der Waals surface area contributed by atoms with Crippen LogP contribution < -0.4 is 15.5 Å². The lowest BCUT2D eigenvalue weighted by molar-refractivity contribution is -0.118. The fourth-order valence-corrected chi connectivity index (χ4v) is 3.63. The van der Waals surface area contributed by atoms with Crippen LogP contribution >= 0.6 is 0 Å². The number of halogens is 3. The van der Waals surface area contributed by atoms with Crippen LogP contribution in [0.25, 0.3) is 0 Å². The maximum atomic E-state index is 14.8. The third-order valence-electron chi connectivity index (χ3n) is 5.49. The highest BCUT2D eigenvalue weighted by Gasteiger charge is 2.33. The minimum Gasteiger partial charge on any atom is -0.467 e. The van der Waals surface area contributed by atoms with Gasteiger partial charge in [0.2, 0.25) is 5.91 Å². The van der Waals surface area contributed by atoms with Gasteiger partial charge in [0.15, 0.2) is 0 Å². The van der Waals surface area contributed by atoms with Crippen LogP contribution in [0.1, 0.15) is 60.9 Å². The molecule has 10 nitrogen and oxygen atoms in total. The number of methoxy groups -OCH3 is 1. The van der Waals surface area contributed by atoms with Gasteiger partial charge in [-0.3, -0.25) is 10.2 Å². The number of aromatic nitrogens is 4. The van der Waals surface area contributed by atoms with Gasteiger partial charge in [0.1, 0.15) is 30.5 Å². The molecule has 3 aromatic rings. The summed E-state index contributed by atoms with van der Waals surface area (Å²) >= 11 is 0. The first kappa shape index (κ1) is 24.8. The zero-order chi connectivity index (χ0) is 25.8. The number of nitrogens with one attached hydrogen (secondary N) is 2. The van der Waals surface area contributed by atoms with Crippen molar-refractivity contribution in [2.75, 3.05) is 17.9 Å². The van der Waals surface area contributed by atoms with Crippen LogP contribution in [0.15, 0.2) is 49.4 Å². The van der Waals surface area contributed by atoms with E-state index in [4.69, 9.17) is 14.2 Å². The van der Waals surface area contributed by atoms with E-state index in [0.29, 0.717) is 0 Å². The third kappa shape index (κ3) is 5.04. The molecule has 0 bridgehead atoms. The van der Waals surface area contributed by atoms with E-state index in [-0.39, 0.29) is 28.6 Å². The highest BCUT2D eigenvalue weighted by Crippen LogP contribution is 2.38. The molecule has 1 amide bonds. The average molecular weight is 504 g/mol. The first-order valence-electron chi connectivity index (χ1n) is 10.8. The van der Waals surface area contributed by atoms with Crippen molar-refractivity contribution < 1.29 is 32.2 Å². The molecule has 0 aliphatic carbocycles. The molecule has 4 rings (SSSR count). The SMILES string of the molecule is COc1nc(N[C@H](C)c2cccc(C(F)F)c2F)c(C2OC=CO2)c(C(C)C(=O)Nn2ccnc2)n1. The smallest absolute Gasteiger partial charge is 0.318 e. The van der Waals surface area contributed by atoms with Crippen LogP contribution in [-0.4, -0.2) is 32.6 Å². The molecule has 0 radical (unpaired) electrons. The lowest BCUT2D eigenvalue weighted by atomic mass is 10.00. The number of rotatable bonds is 9. The van der Waals surface area contributed by atoms with Gasteiger partial charge in [0.05, 0.1) is 35.9 Å². The number of anilines is 1. The van der Waals surface area contributed by atoms with E-state index in [1.807, 2.05) is 0 Å². The third-order valence-corrected chi connectivity index (χ3v) is 5.49. The first-order valence-corrected chi connectivity index (χ1v) is 10.8. The van der Waals surface area contributed by atoms with Crippen molar-refractivity contribution in [3.05, 3.63) is 77.6 Å². The Kier molecular flexibility index (Phi) is 7.27. The average Bonchev–Trinajstić information content (AvgIpc) is 3.57. The standard InChI is InChI=1S/C23H23F3N6O4/c1-12(21(33)31-32-8-7-27-11-32)18-16(22-35-9-10-36-22)20(30-23(29-18)34-3)28-13(2)14-5-4-6-15(17(14)24)19(25)26/h4-13,19,22H,1-3H3,(H,31,33)(H,28,29,30)/t12?,13-/m1/s1. The van der Waals surface area contributed by atoms with Gasteiger partial charge >= 0.3 is 6.01 Å². The van der Waals surface area contributed by atoms with Crippen LogP contribution in [0.3, 0.4) is 0 Å². The second-order valence-electron chi connectivity index (χ2n) is 7.82. The summed E-state index contributed by atoms with van der Waals surface area (Å²) in [5.74, 6) is -2.21. The second-order valence-corrected chi connectivity index (χ2v) is 7.82. The largest absolute Gasteiger partial charge is 0.467 e. The summed E-state index contributed by atoms with van der Waals surface area (Å²) < 4.78 is 58.9. The van der Waals surface area contributed by atoms with E-state index in [1.54, 1.807) is 20.0 Å². The molecular formula is C23H23F3N6O4. The molecule has 0 spiro atoms. The van der Waals surface area contributed by atoms with Crippen LogP contribution in [0.5, 0.6) is 6.01 Å². The molecule has 1 aliphatic rings. The predicted octanol–water partition coefficient (Wildman–Crippen LogP) is 4.32. The van der Waals surface area contributed by atoms with Crippen molar-refractivity contribution in [1.82, 2.24) is 19.6 Å². The van der Waals surface area contributed by atoms with E-state index in [2.05, 4.69) is 25.7 Å². The zero-order valence-electron chi connectivity index (χ0n) is 19.5. The number of imidazole rings is 1. The molecule has 0 fully saturated rings. The number of carbonyl (C=O) groups excluding carboxylic acids is 1. The summed E-state index contributed by atoms with van der Waals surface area (Å²) in [6.45, 7) is 3.19. The van der Waals surface area contributed by atoms with Gasteiger partial charge in [-0.25, -0.2) is 22.8 Å². The molecule has 2 atom stereocenters. The predicted molar refractivity (Wildman–Crippen MR) is 121 cm³/mol. The Bertz CT molecular complexity index is 1250. The molecule has 0 saturated carbocycles. The first-order chi connectivity index (χ1) is 17.3. The summed E-state index contributed by atoms with van der Waals surface area (Å²) in [5.41, 5.74) is 2.42. The van der Waals surface area contributed by atoms with Gasteiger partial charge in [-0.2, -0.15) is 9.97 Å². The molecule has 1 unspecified atom stereocenters. The van der Waals surface area contributed by atoms with Gasteiger partial charge in [-0.15, -0.1) is 0 Å². The van der Waals surface area contributed by atoms with Crippen molar-refractivity contribution in [3.63, 3.8) is 0 Å². The monoisotopic (exact) mass is 504 g/mol. The summed E-state index contributed by atoms with van der Waals surface area (Å²) in [5, 5.41) is 3.01. The van der Waals surface area contributed by atoms with E-state index in [0.717, 1.165) is 6.07 Å². The lowest BCUT2D eigenvalue weighted by Crippen LogP contribution is -2.28. The van der Waals surface area contributed by atoms with Crippen LogP contribution in [0, 0.1) is 5.82 Å². The topological polar surface area (TPSA) is 112 Å². The highest BCUT2D eigenvalue weighted by molar-refractivity contribution is 5.90. The Morgan fingerprint density at radius 3 is 2.53 bits per heavy atom. The fourth-order valence-electron chi connectivity index (χ4n) is 3.63. The Labute approximate surface area is 204 Å². The molecule has 3 heterocycles. The molecule has 13 heteroatoms. The van der Waals surface area contributed by atoms with Gasteiger partial charge in [0.25, 0.3) is 12.7 Å². The Morgan fingerprint density at radius 1 is 1.17 bits per heavy atom. The number of benzene rings is 1. The number of hydrogen-bond acceptors (Lipinski definition) is 8.